The molecular weight excluding hydrogens is 236 g/mol. The van der Waals surface area contributed by atoms with Gasteiger partial charge >= 0.3 is 11.9 Å². The van der Waals surface area contributed by atoms with Crippen LogP contribution in [0.1, 0.15) is 12.5 Å². The Balaban J connectivity index is 2.96. The highest BCUT2D eigenvalue weighted by atomic mass is 16.5. The third-order valence-corrected chi connectivity index (χ3v) is 2.82. The van der Waals surface area contributed by atoms with Crippen LogP contribution in [0.4, 0.5) is 0 Å². The summed E-state index contributed by atoms with van der Waals surface area (Å²) in [5.74, 6) is -1.29. The van der Waals surface area contributed by atoms with E-state index in [-0.39, 0.29) is 6.42 Å². The molecule has 0 saturated carbocycles. The monoisotopic (exact) mass is 252 g/mol. The quantitative estimate of drug-likeness (QED) is 0.635. The minimum atomic E-state index is -1.58. The summed E-state index contributed by atoms with van der Waals surface area (Å²) in [6.07, 6.45) is 0.0685. The maximum absolute atomic E-state index is 11.6. The van der Waals surface area contributed by atoms with Crippen molar-refractivity contribution >= 4 is 11.9 Å². The standard InChI is InChI=1S/C13H16O5/c1-13(11(14)15,12(16)18-3)8-9-4-6-10(17-2)7-5-9/h4-7H,8H2,1-3H3,(H,14,15)/t13-/m1/s1. The molecule has 0 heterocycles. The second kappa shape index (κ2) is 5.53. The second-order valence-electron chi connectivity index (χ2n) is 4.15. The van der Waals surface area contributed by atoms with E-state index in [1.807, 2.05) is 0 Å². The van der Waals surface area contributed by atoms with E-state index in [4.69, 9.17) is 4.74 Å². The van der Waals surface area contributed by atoms with Crippen molar-refractivity contribution in [1.29, 1.82) is 0 Å². The predicted molar refractivity (Wildman–Crippen MR) is 64.5 cm³/mol. The number of carboxylic acids is 1. The van der Waals surface area contributed by atoms with Crippen molar-refractivity contribution < 1.29 is 24.2 Å². The van der Waals surface area contributed by atoms with Crippen LogP contribution in [0.5, 0.6) is 5.75 Å². The zero-order chi connectivity index (χ0) is 13.8. The maximum Gasteiger partial charge on any atom is 0.323 e. The molecule has 0 amide bonds. The Kier molecular flexibility index (Phi) is 4.31. The van der Waals surface area contributed by atoms with Crippen molar-refractivity contribution in [3.63, 3.8) is 0 Å². The van der Waals surface area contributed by atoms with Crippen molar-refractivity contribution in [3.05, 3.63) is 29.8 Å². The van der Waals surface area contributed by atoms with Gasteiger partial charge in [-0.15, -0.1) is 0 Å². The van der Waals surface area contributed by atoms with Crippen LogP contribution in [0.3, 0.4) is 0 Å². The molecule has 0 unspecified atom stereocenters. The average molecular weight is 252 g/mol. The number of benzene rings is 1. The van der Waals surface area contributed by atoms with Gasteiger partial charge in [0.2, 0.25) is 0 Å². The number of carbonyl (C=O) groups excluding carboxylic acids is 1. The maximum atomic E-state index is 11.6. The van der Waals surface area contributed by atoms with Gasteiger partial charge in [0.15, 0.2) is 5.41 Å². The molecule has 0 fully saturated rings. The molecule has 0 radical (unpaired) electrons. The minimum Gasteiger partial charge on any atom is -0.497 e. The Morgan fingerprint density at radius 1 is 1.22 bits per heavy atom. The predicted octanol–water partition coefficient (Wildman–Crippen LogP) is 1.50. The van der Waals surface area contributed by atoms with Crippen LogP contribution in [0, 0.1) is 5.41 Å². The molecule has 1 atom stereocenters. The number of hydrogen-bond donors (Lipinski definition) is 1. The lowest BCUT2D eigenvalue weighted by Gasteiger charge is -2.21. The van der Waals surface area contributed by atoms with Crippen molar-refractivity contribution in [2.45, 2.75) is 13.3 Å². The number of ether oxygens (including phenoxy) is 2. The molecule has 5 nitrogen and oxygen atoms in total. The Bertz CT molecular complexity index is 437. The van der Waals surface area contributed by atoms with Gasteiger partial charge in [-0.3, -0.25) is 9.59 Å². The Morgan fingerprint density at radius 3 is 2.17 bits per heavy atom. The largest absolute Gasteiger partial charge is 0.497 e. The SMILES string of the molecule is COC(=O)[C@](C)(Cc1ccc(OC)cc1)C(=O)O. The van der Waals surface area contributed by atoms with Gasteiger partial charge in [0.25, 0.3) is 0 Å². The molecule has 98 valence electrons. The fourth-order valence-corrected chi connectivity index (χ4v) is 1.61. The summed E-state index contributed by atoms with van der Waals surface area (Å²) in [6, 6.07) is 6.88. The van der Waals surface area contributed by atoms with Crippen LogP contribution >= 0.6 is 0 Å². The van der Waals surface area contributed by atoms with Crippen molar-refractivity contribution in [1.82, 2.24) is 0 Å². The van der Waals surface area contributed by atoms with Crippen molar-refractivity contribution in [2.24, 2.45) is 5.41 Å². The first-order valence-corrected chi connectivity index (χ1v) is 5.39. The summed E-state index contributed by atoms with van der Waals surface area (Å²) < 4.78 is 9.56. The highest BCUT2D eigenvalue weighted by molar-refractivity contribution is 5.98. The van der Waals surface area contributed by atoms with Gasteiger partial charge < -0.3 is 14.6 Å². The molecule has 1 aromatic rings. The van der Waals surface area contributed by atoms with Crippen LogP contribution in [0.2, 0.25) is 0 Å². The normalized spacial score (nSPS) is 13.5. The van der Waals surface area contributed by atoms with Gasteiger partial charge in [-0.05, 0) is 31.0 Å². The lowest BCUT2D eigenvalue weighted by Crippen LogP contribution is -2.39. The minimum absolute atomic E-state index is 0.0685. The molecule has 1 rings (SSSR count). The highest BCUT2D eigenvalue weighted by Gasteiger charge is 2.42. The second-order valence-corrected chi connectivity index (χ2v) is 4.15. The molecule has 18 heavy (non-hydrogen) atoms. The van der Waals surface area contributed by atoms with Crippen molar-refractivity contribution in [3.8, 4) is 5.75 Å². The van der Waals surface area contributed by atoms with E-state index in [1.165, 1.54) is 14.0 Å². The number of carboxylic acid groups (broad SMARTS) is 1. The Hall–Kier alpha value is -2.04. The van der Waals surface area contributed by atoms with E-state index >= 15 is 0 Å². The van der Waals surface area contributed by atoms with Crippen molar-refractivity contribution in [2.75, 3.05) is 14.2 Å². The van der Waals surface area contributed by atoms with Gasteiger partial charge in [-0.1, -0.05) is 12.1 Å². The van der Waals surface area contributed by atoms with E-state index in [9.17, 15) is 14.7 Å². The molecule has 0 aliphatic carbocycles. The molecule has 0 aromatic heterocycles. The number of carbonyl (C=O) groups is 2. The Labute approximate surface area is 105 Å². The molecule has 0 saturated heterocycles. The summed E-state index contributed by atoms with van der Waals surface area (Å²) in [7, 11) is 2.72. The molecule has 0 aliphatic rings. The van der Waals surface area contributed by atoms with E-state index in [1.54, 1.807) is 31.4 Å². The topological polar surface area (TPSA) is 72.8 Å². The van der Waals surface area contributed by atoms with Gasteiger partial charge in [-0.25, -0.2) is 0 Å². The zero-order valence-corrected chi connectivity index (χ0v) is 10.6. The van der Waals surface area contributed by atoms with Crippen LogP contribution < -0.4 is 4.74 Å². The van der Waals surface area contributed by atoms with Gasteiger partial charge in [0, 0.05) is 0 Å². The lowest BCUT2D eigenvalue weighted by atomic mass is 9.83. The molecule has 0 spiro atoms. The molecule has 5 heteroatoms. The van der Waals surface area contributed by atoms with Crippen LogP contribution in [0.15, 0.2) is 24.3 Å². The van der Waals surface area contributed by atoms with Crippen LogP contribution in [-0.4, -0.2) is 31.3 Å². The number of rotatable bonds is 5. The smallest absolute Gasteiger partial charge is 0.323 e. The number of aliphatic carboxylic acids is 1. The molecule has 0 aliphatic heterocycles. The van der Waals surface area contributed by atoms with E-state index < -0.39 is 17.4 Å². The first kappa shape index (κ1) is 14.0. The van der Waals surface area contributed by atoms with Crippen LogP contribution in [-0.2, 0) is 20.7 Å². The lowest BCUT2D eigenvalue weighted by molar-refractivity contribution is -0.165. The molecule has 1 N–H and O–H groups in total. The molecular formula is C13H16O5. The first-order chi connectivity index (χ1) is 8.43. The van der Waals surface area contributed by atoms with E-state index in [2.05, 4.69) is 4.74 Å². The van der Waals surface area contributed by atoms with Crippen LogP contribution in [0.25, 0.3) is 0 Å². The summed E-state index contributed by atoms with van der Waals surface area (Å²) in [6.45, 7) is 1.35. The van der Waals surface area contributed by atoms with E-state index in [0.29, 0.717) is 5.75 Å². The summed E-state index contributed by atoms with van der Waals surface area (Å²) in [4.78, 5) is 22.8. The fraction of sp³-hybridized carbons (Fsp3) is 0.385. The third kappa shape index (κ3) is 2.80. The zero-order valence-electron chi connectivity index (χ0n) is 10.6. The average Bonchev–Trinajstić information content (AvgIpc) is 2.38. The van der Waals surface area contributed by atoms with E-state index in [0.717, 1.165) is 5.56 Å². The van der Waals surface area contributed by atoms with Gasteiger partial charge in [-0.2, -0.15) is 0 Å². The Morgan fingerprint density at radius 2 is 1.78 bits per heavy atom. The highest BCUT2D eigenvalue weighted by Crippen LogP contribution is 2.25. The summed E-state index contributed by atoms with van der Waals surface area (Å²) in [5.41, 5.74) is -0.852. The number of methoxy groups -OCH3 is 2. The third-order valence-electron chi connectivity index (χ3n) is 2.82. The van der Waals surface area contributed by atoms with Gasteiger partial charge in [0.05, 0.1) is 14.2 Å². The number of hydrogen-bond acceptors (Lipinski definition) is 4. The fourth-order valence-electron chi connectivity index (χ4n) is 1.61. The molecule has 1 aromatic carbocycles. The molecule has 0 bridgehead atoms. The first-order valence-electron chi connectivity index (χ1n) is 5.39. The summed E-state index contributed by atoms with van der Waals surface area (Å²) >= 11 is 0. The summed E-state index contributed by atoms with van der Waals surface area (Å²) in [5, 5.41) is 9.17. The van der Waals surface area contributed by atoms with Gasteiger partial charge in [0.1, 0.15) is 5.75 Å². The number of esters is 1.